The highest BCUT2D eigenvalue weighted by atomic mass is 32.1. The van der Waals surface area contributed by atoms with E-state index in [4.69, 9.17) is 0 Å². The fourth-order valence-corrected chi connectivity index (χ4v) is 4.72. The van der Waals surface area contributed by atoms with Crippen molar-refractivity contribution in [3.05, 3.63) is 22.4 Å². The summed E-state index contributed by atoms with van der Waals surface area (Å²) in [7, 11) is 1.97. The number of hydrogen-bond donors (Lipinski definition) is 0. The van der Waals surface area contributed by atoms with Gasteiger partial charge in [0.25, 0.3) is 5.91 Å². The molecule has 0 radical (unpaired) electrons. The molecule has 1 aromatic heterocycles. The lowest BCUT2D eigenvalue weighted by Crippen LogP contribution is -2.48. The van der Waals surface area contributed by atoms with E-state index in [0.717, 1.165) is 37.1 Å². The average molecular weight is 349 g/mol. The second-order valence-corrected chi connectivity index (χ2v) is 8.11. The van der Waals surface area contributed by atoms with Gasteiger partial charge in [-0.15, -0.1) is 11.3 Å². The Bertz CT molecular complexity index is 550. The van der Waals surface area contributed by atoms with Crippen LogP contribution < -0.4 is 0 Å². The molecule has 2 fully saturated rings. The van der Waals surface area contributed by atoms with E-state index in [0.29, 0.717) is 12.6 Å². The Hall–Kier alpha value is -1.36. The van der Waals surface area contributed by atoms with Gasteiger partial charge in [0, 0.05) is 26.2 Å². The van der Waals surface area contributed by atoms with Crippen molar-refractivity contribution in [1.82, 2.24) is 9.80 Å². The van der Waals surface area contributed by atoms with Gasteiger partial charge < -0.3 is 9.80 Å². The van der Waals surface area contributed by atoms with Crippen molar-refractivity contribution in [1.29, 1.82) is 0 Å². The Morgan fingerprint density at radius 1 is 1.12 bits per heavy atom. The van der Waals surface area contributed by atoms with E-state index in [1.165, 1.54) is 37.0 Å². The number of likely N-dealkylation sites (tertiary alicyclic amines) is 1. The van der Waals surface area contributed by atoms with Crippen LogP contribution in [0.5, 0.6) is 0 Å². The minimum Gasteiger partial charge on any atom is -0.342 e. The first kappa shape index (κ1) is 17.5. The normalized spacial score (nSPS) is 22.9. The molecule has 2 aliphatic rings. The standard InChI is InChI=1S/C19H28N2O2S/c1-20(16-9-4-2-3-5-10-16)18(22)15-8-6-12-21(14-15)19(23)17-11-7-13-24-17/h7,11,13,15-16H,2-6,8-10,12,14H2,1H3. The molecule has 1 aromatic rings. The molecule has 2 amide bonds. The van der Waals surface area contributed by atoms with E-state index in [2.05, 4.69) is 0 Å². The molecule has 3 rings (SSSR count). The van der Waals surface area contributed by atoms with Crippen LogP contribution in [-0.2, 0) is 4.79 Å². The van der Waals surface area contributed by atoms with Crippen molar-refractivity contribution in [2.24, 2.45) is 5.92 Å². The first-order valence-corrected chi connectivity index (χ1v) is 10.1. The van der Waals surface area contributed by atoms with Crippen LogP contribution in [0.25, 0.3) is 0 Å². The number of nitrogens with zero attached hydrogens (tertiary/aromatic N) is 2. The fourth-order valence-electron chi connectivity index (χ4n) is 4.03. The van der Waals surface area contributed by atoms with Crippen LogP contribution in [0, 0.1) is 5.92 Å². The van der Waals surface area contributed by atoms with Gasteiger partial charge in [0.05, 0.1) is 10.8 Å². The number of carbonyl (C=O) groups excluding carboxylic acids is 2. The number of rotatable bonds is 3. The number of thiophene rings is 1. The molecule has 1 aliphatic carbocycles. The summed E-state index contributed by atoms with van der Waals surface area (Å²) in [5.74, 6) is 0.293. The highest BCUT2D eigenvalue weighted by molar-refractivity contribution is 7.12. The molecule has 2 heterocycles. The van der Waals surface area contributed by atoms with Gasteiger partial charge in [-0.1, -0.05) is 31.7 Å². The Morgan fingerprint density at radius 3 is 2.54 bits per heavy atom. The minimum atomic E-state index is -0.0316. The summed E-state index contributed by atoms with van der Waals surface area (Å²) < 4.78 is 0. The highest BCUT2D eigenvalue weighted by Gasteiger charge is 2.33. The van der Waals surface area contributed by atoms with Crippen molar-refractivity contribution in [2.75, 3.05) is 20.1 Å². The maximum atomic E-state index is 13.0. The molecule has 1 saturated heterocycles. The molecule has 1 unspecified atom stereocenters. The van der Waals surface area contributed by atoms with Gasteiger partial charge >= 0.3 is 0 Å². The van der Waals surface area contributed by atoms with Gasteiger partial charge in [-0.25, -0.2) is 0 Å². The molecule has 0 N–H and O–H groups in total. The molecule has 0 spiro atoms. The molecule has 1 aliphatic heterocycles. The molecule has 132 valence electrons. The Labute approximate surface area is 148 Å². The monoisotopic (exact) mass is 348 g/mol. The number of amides is 2. The Kier molecular flexibility index (Phi) is 5.93. The second kappa shape index (κ2) is 8.15. The predicted molar refractivity (Wildman–Crippen MR) is 97.2 cm³/mol. The lowest BCUT2D eigenvalue weighted by Gasteiger charge is -2.36. The van der Waals surface area contributed by atoms with Crippen LogP contribution in [0.4, 0.5) is 0 Å². The van der Waals surface area contributed by atoms with E-state index >= 15 is 0 Å². The lowest BCUT2D eigenvalue weighted by molar-refractivity contribution is -0.138. The predicted octanol–water partition coefficient (Wildman–Crippen LogP) is 3.78. The van der Waals surface area contributed by atoms with Crippen molar-refractivity contribution < 1.29 is 9.59 Å². The summed E-state index contributed by atoms with van der Waals surface area (Å²) in [4.78, 5) is 30.2. The maximum Gasteiger partial charge on any atom is 0.263 e. The molecule has 1 atom stereocenters. The SMILES string of the molecule is CN(C(=O)C1CCCN(C(=O)c2cccs2)C1)C1CCCCCC1. The van der Waals surface area contributed by atoms with Crippen LogP contribution in [0.2, 0.25) is 0 Å². The van der Waals surface area contributed by atoms with Crippen LogP contribution in [-0.4, -0.2) is 47.8 Å². The summed E-state index contributed by atoms with van der Waals surface area (Å²) in [6.07, 6.45) is 9.15. The molecule has 0 aromatic carbocycles. The molecular weight excluding hydrogens is 320 g/mol. The second-order valence-electron chi connectivity index (χ2n) is 7.16. The largest absolute Gasteiger partial charge is 0.342 e. The minimum absolute atomic E-state index is 0.0316. The third-order valence-corrected chi connectivity index (χ3v) is 6.37. The molecule has 4 nitrogen and oxygen atoms in total. The zero-order valence-corrected chi connectivity index (χ0v) is 15.4. The van der Waals surface area contributed by atoms with Crippen LogP contribution in [0.3, 0.4) is 0 Å². The van der Waals surface area contributed by atoms with Crippen LogP contribution >= 0.6 is 11.3 Å². The Morgan fingerprint density at radius 2 is 1.88 bits per heavy atom. The number of carbonyl (C=O) groups is 2. The molecule has 1 saturated carbocycles. The van der Waals surface area contributed by atoms with E-state index in [1.54, 1.807) is 0 Å². The van der Waals surface area contributed by atoms with E-state index in [1.807, 2.05) is 34.4 Å². The average Bonchev–Trinajstić information content (AvgIpc) is 3.02. The quantitative estimate of drug-likeness (QED) is 0.780. The van der Waals surface area contributed by atoms with Gasteiger partial charge in [-0.05, 0) is 37.1 Å². The fraction of sp³-hybridized carbons (Fsp3) is 0.684. The number of piperidine rings is 1. The summed E-state index contributed by atoms with van der Waals surface area (Å²) in [6.45, 7) is 1.35. The van der Waals surface area contributed by atoms with Gasteiger partial charge in [0.1, 0.15) is 0 Å². The maximum absolute atomic E-state index is 13.0. The first-order valence-electron chi connectivity index (χ1n) is 9.26. The van der Waals surface area contributed by atoms with Crippen molar-refractivity contribution in [3.63, 3.8) is 0 Å². The number of hydrogen-bond acceptors (Lipinski definition) is 3. The van der Waals surface area contributed by atoms with Gasteiger partial charge in [-0.2, -0.15) is 0 Å². The zero-order valence-electron chi connectivity index (χ0n) is 14.6. The van der Waals surface area contributed by atoms with Crippen LogP contribution in [0.15, 0.2) is 17.5 Å². The van der Waals surface area contributed by atoms with E-state index in [-0.39, 0.29) is 17.7 Å². The molecule has 0 bridgehead atoms. The van der Waals surface area contributed by atoms with E-state index in [9.17, 15) is 9.59 Å². The van der Waals surface area contributed by atoms with Gasteiger partial charge in [0.15, 0.2) is 0 Å². The molecule has 24 heavy (non-hydrogen) atoms. The summed E-state index contributed by atoms with van der Waals surface area (Å²) in [5.41, 5.74) is 0. The van der Waals surface area contributed by atoms with Crippen molar-refractivity contribution >= 4 is 23.2 Å². The highest BCUT2D eigenvalue weighted by Crippen LogP contribution is 2.26. The van der Waals surface area contributed by atoms with Crippen molar-refractivity contribution in [2.45, 2.75) is 57.4 Å². The third kappa shape index (κ3) is 4.00. The summed E-state index contributed by atoms with van der Waals surface area (Å²) in [6, 6.07) is 4.17. The van der Waals surface area contributed by atoms with Crippen LogP contribution in [0.1, 0.15) is 61.0 Å². The van der Waals surface area contributed by atoms with Gasteiger partial charge in [-0.3, -0.25) is 9.59 Å². The first-order chi connectivity index (χ1) is 11.7. The Balaban J connectivity index is 1.61. The lowest BCUT2D eigenvalue weighted by atomic mass is 9.95. The third-order valence-electron chi connectivity index (χ3n) is 5.51. The summed E-state index contributed by atoms with van der Waals surface area (Å²) in [5, 5.41) is 1.93. The topological polar surface area (TPSA) is 40.6 Å². The zero-order chi connectivity index (χ0) is 16.9. The smallest absolute Gasteiger partial charge is 0.263 e. The van der Waals surface area contributed by atoms with E-state index < -0.39 is 0 Å². The summed E-state index contributed by atoms with van der Waals surface area (Å²) >= 11 is 1.48. The van der Waals surface area contributed by atoms with Crippen molar-refractivity contribution in [3.8, 4) is 0 Å². The molecular formula is C19H28N2O2S. The molecule has 5 heteroatoms. The van der Waals surface area contributed by atoms with Gasteiger partial charge in [0.2, 0.25) is 5.91 Å².